The molecule has 3 heterocycles. The molecule has 7 nitrogen and oxygen atoms in total. The van der Waals surface area contributed by atoms with Crippen molar-refractivity contribution < 1.29 is 17.9 Å². The molecule has 0 spiro atoms. The molecule has 3 aromatic rings. The van der Waals surface area contributed by atoms with Gasteiger partial charge in [0.1, 0.15) is 9.96 Å². The first-order valence-electron chi connectivity index (χ1n) is 10.2. The number of amides is 1. The van der Waals surface area contributed by atoms with Gasteiger partial charge in [-0.25, -0.2) is 8.42 Å². The summed E-state index contributed by atoms with van der Waals surface area (Å²) in [5.41, 5.74) is 0.808. The molecule has 1 aromatic carbocycles. The van der Waals surface area contributed by atoms with Crippen LogP contribution in [0.15, 0.2) is 63.5 Å². The molecule has 0 N–H and O–H groups in total. The van der Waals surface area contributed by atoms with E-state index in [9.17, 15) is 13.2 Å². The molecule has 0 atom stereocenters. The molecular weight excluding hydrogens is 466 g/mol. The molecule has 1 saturated heterocycles. The number of thiophene rings is 2. The summed E-state index contributed by atoms with van der Waals surface area (Å²) in [5.74, 6) is 0.721. The zero-order valence-electron chi connectivity index (χ0n) is 17.7. The van der Waals surface area contributed by atoms with Crippen LogP contribution in [0.25, 0.3) is 0 Å². The summed E-state index contributed by atoms with van der Waals surface area (Å²) in [4.78, 5) is 18.2. The molecule has 0 radical (unpaired) electrons. The van der Waals surface area contributed by atoms with Gasteiger partial charge >= 0.3 is 0 Å². The number of nitrogens with zero attached hydrogens (tertiary/aromatic N) is 3. The first kappa shape index (κ1) is 22.9. The van der Waals surface area contributed by atoms with Gasteiger partial charge in [-0.05, 0) is 47.2 Å². The molecule has 170 valence electrons. The fraction of sp³-hybridized carbons (Fsp3) is 0.318. The van der Waals surface area contributed by atoms with Crippen molar-refractivity contribution in [2.45, 2.75) is 10.8 Å². The van der Waals surface area contributed by atoms with Crippen LogP contribution in [0.2, 0.25) is 0 Å². The molecule has 10 heteroatoms. The highest BCUT2D eigenvalue weighted by Gasteiger charge is 2.30. The first-order chi connectivity index (χ1) is 15.5. The van der Waals surface area contributed by atoms with Crippen molar-refractivity contribution in [1.82, 2.24) is 9.21 Å². The number of carbonyl (C=O) groups excluding carboxylic acids is 1. The van der Waals surface area contributed by atoms with Gasteiger partial charge in [0.25, 0.3) is 10.0 Å². The minimum Gasteiger partial charge on any atom is -0.497 e. The number of anilines is 1. The Morgan fingerprint density at radius 2 is 1.69 bits per heavy atom. The predicted octanol–water partition coefficient (Wildman–Crippen LogP) is 3.36. The number of sulfonamides is 1. The second-order valence-electron chi connectivity index (χ2n) is 7.37. The number of rotatable bonds is 8. The minimum atomic E-state index is -3.45. The number of carbonyl (C=O) groups is 1. The van der Waals surface area contributed by atoms with Crippen molar-refractivity contribution in [1.29, 1.82) is 0 Å². The van der Waals surface area contributed by atoms with E-state index in [1.165, 1.54) is 15.6 Å². The molecular formula is C22H25N3O4S3. The second-order valence-corrected chi connectivity index (χ2v) is 11.5. The lowest BCUT2D eigenvalue weighted by molar-refractivity contribution is -0.120. The second kappa shape index (κ2) is 10.1. The maximum absolute atomic E-state index is 13.3. The summed E-state index contributed by atoms with van der Waals surface area (Å²) in [5, 5.41) is 3.77. The average Bonchev–Trinajstić information content (AvgIpc) is 3.52. The van der Waals surface area contributed by atoms with Crippen LogP contribution in [0, 0.1) is 0 Å². The van der Waals surface area contributed by atoms with Crippen LogP contribution in [-0.4, -0.2) is 63.4 Å². The molecule has 0 unspecified atom stereocenters. The van der Waals surface area contributed by atoms with Gasteiger partial charge < -0.3 is 9.64 Å². The van der Waals surface area contributed by atoms with Crippen LogP contribution in [0.4, 0.5) is 5.69 Å². The van der Waals surface area contributed by atoms with E-state index in [4.69, 9.17) is 4.74 Å². The lowest BCUT2D eigenvalue weighted by atomic mass is 10.2. The summed E-state index contributed by atoms with van der Waals surface area (Å²) in [6.45, 7) is 2.53. The van der Waals surface area contributed by atoms with E-state index in [0.29, 0.717) is 36.9 Å². The number of hydrogen-bond acceptors (Lipinski definition) is 7. The smallest absolute Gasteiger partial charge is 0.252 e. The summed E-state index contributed by atoms with van der Waals surface area (Å²) >= 11 is 2.84. The highest BCUT2D eigenvalue weighted by molar-refractivity contribution is 7.91. The highest BCUT2D eigenvalue weighted by Crippen LogP contribution is 2.24. The van der Waals surface area contributed by atoms with Crippen LogP contribution >= 0.6 is 22.7 Å². The molecule has 1 amide bonds. The lowest BCUT2D eigenvalue weighted by Crippen LogP contribution is -2.51. The van der Waals surface area contributed by atoms with Crippen LogP contribution < -0.4 is 9.64 Å². The average molecular weight is 492 g/mol. The highest BCUT2D eigenvalue weighted by atomic mass is 32.2. The molecule has 1 aliphatic heterocycles. The number of hydrogen-bond donors (Lipinski definition) is 0. The zero-order valence-corrected chi connectivity index (χ0v) is 20.2. The number of ether oxygens (including phenoxy) is 1. The number of benzene rings is 1. The van der Waals surface area contributed by atoms with E-state index in [1.54, 1.807) is 40.9 Å². The van der Waals surface area contributed by atoms with Gasteiger partial charge in [-0.2, -0.15) is 4.31 Å². The summed E-state index contributed by atoms with van der Waals surface area (Å²) in [7, 11) is -1.84. The molecule has 0 aliphatic carbocycles. The first-order valence-corrected chi connectivity index (χ1v) is 13.4. The Labute approximate surface area is 196 Å². The number of methoxy groups -OCH3 is 1. The van der Waals surface area contributed by atoms with Crippen molar-refractivity contribution in [3.63, 3.8) is 0 Å². The molecule has 0 saturated carbocycles. The SMILES string of the molecule is COc1ccc(N(Cc2cccs2)C(=O)CN2CCN(S(=O)(=O)c3cccs3)CC2)cc1. The van der Waals surface area contributed by atoms with Gasteiger partial charge in [-0.3, -0.25) is 9.69 Å². The maximum atomic E-state index is 13.3. The van der Waals surface area contributed by atoms with E-state index in [2.05, 4.69) is 0 Å². The van der Waals surface area contributed by atoms with Crippen molar-refractivity contribution in [2.24, 2.45) is 0 Å². The molecule has 1 fully saturated rings. The standard InChI is InChI=1S/C22H25N3O4S3/c1-29-19-8-6-18(7-9-19)25(16-20-4-2-14-30-20)21(26)17-23-10-12-24(13-11-23)32(27,28)22-5-3-15-31-22/h2-9,14-15H,10-13,16-17H2,1H3. The molecule has 1 aliphatic rings. The van der Waals surface area contributed by atoms with E-state index in [-0.39, 0.29) is 12.5 Å². The van der Waals surface area contributed by atoms with E-state index in [0.717, 1.165) is 16.3 Å². The lowest BCUT2D eigenvalue weighted by Gasteiger charge is -2.34. The maximum Gasteiger partial charge on any atom is 0.252 e. The quantitative estimate of drug-likeness (QED) is 0.483. The Kier molecular flexibility index (Phi) is 7.27. The summed E-state index contributed by atoms with van der Waals surface area (Å²) in [6.07, 6.45) is 0. The Hall–Kier alpha value is -2.24. The minimum absolute atomic E-state index is 0.0156. The van der Waals surface area contributed by atoms with Crippen molar-refractivity contribution in [3.8, 4) is 5.75 Å². The van der Waals surface area contributed by atoms with Gasteiger partial charge in [0, 0.05) is 36.7 Å². The van der Waals surface area contributed by atoms with Crippen molar-refractivity contribution >= 4 is 44.3 Å². The number of piperazine rings is 1. The van der Waals surface area contributed by atoms with E-state index in [1.807, 2.05) is 46.7 Å². The van der Waals surface area contributed by atoms with E-state index < -0.39 is 10.0 Å². The molecule has 0 bridgehead atoms. The van der Waals surface area contributed by atoms with Gasteiger partial charge in [0.05, 0.1) is 20.2 Å². The zero-order chi connectivity index (χ0) is 22.6. The monoisotopic (exact) mass is 491 g/mol. The topological polar surface area (TPSA) is 70.2 Å². The van der Waals surface area contributed by atoms with Crippen molar-refractivity contribution in [2.75, 3.05) is 44.7 Å². The van der Waals surface area contributed by atoms with Gasteiger partial charge in [0.2, 0.25) is 5.91 Å². The van der Waals surface area contributed by atoms with Gasteiger partial charge in [-0.15, -0.1) is 22.7 Å². The van der Waals surface area contributed by atoms with Gasteiger partial charge in [-0.1, -0.05) is 12.1 Å². The van der Waals surface area contributed by atoms with Crippen molar-refractivity contribution in [3.05, 3.63) is 64.2 Å². The van der Waals surface area contributed by atoms with Crippen LogP contribution in [0.3, 0.4) is 0 Å². The van der Waals surface area contributed by atoms with Crippen LogP contribution in [-0.2, 0) is 21.4 Å². The molecule has 4 rings (SSSR count). The Bertz CT molecular complexity index is 1110. The fourth-order valence-electron chi connectivity index (χ4n) is 3.59. The normalized spacial score (nSPS) is 15.5. The van der Waals surface area contributed by atoms with Gasteiger partial charge in [0.15, 0.2) is 0 Å². The molecule has 32 heavy (non-hydrogen) atoms. The largest absolute Gasteiger partial charge is 0.497 e. The summed E-state index contributed by atoms with van der Waals surface area (Å²) < 4.78 is 32.6. The van der Waals surface area contributed by atoms with E-state index >= 15 is 0 Å². The Morgan fingerprint density at radius 3 is 2.28 bits per heavy atom. The molecule has 2 aromatic heterocycles. The third-order valence-electron chi connectivity index (χ3n) is 5.36. The summed E-state index contributed by atoms with van der Waals surface area (Å²) in [6, 6.07) is 14.8. The Balaban J connectivity index is 1.42. The van der Waals surface area contributed by atoms with Crippen LogP contribution in [0.1, 0.15) is 4.88 Å². The Morgan fingerprint density at radius 1 is 1.00 bits per heavy atom. The predicted molar refractivity (Wildman–Crippen MR) is 128 cm³/mol. The fourth-order valence-corrected chi connectivity index (χ4v) is 6.85. The third-order valence-corrected chi connectivity index (χ3v) is 9.49. The van der Waals surface area contributed by atoms with Crippen LogP contribution in [0.5, 0.6) is 5.75 Å². The third kappa shape index (κ3) is 5.21.